The second kappa shape index (κ2) is 16.0. The summed E-state index contributed by atoms with van der Waals surface area (Å²) in [6.07, 6.45) is -0.670. The number of piperazine rings is 1. The van der Waals surface area contributed by atoms with Gasteiger partial charge in [-0.3, -0.25) is 14.4 Å². The van der Waals surface area contributed by atoms with Crippen LogP contribution < -0.4 is 10.6 Å². The van der Waals surface area contributed by atoms with Crippen LogP contribution in [0.4, 0.5) is 10.6 Å². The first-order valence-corrected chi connectivity index (χ1v) is 14.5. The summed E-state index contributed by atoms with van der Waals surface area (Å²) in [6, 6.07) is 19.5. The monoisotopic (exact) mass is 604 g/mol. The zero-order valence-corrected chi connectivity index (χ0v) is 24.5. The van der Waals surface area contributed by atoms with Crippen LogP contribution in [0.2, 0.25) is 0 Å². The van der Waals surface area contributed by atoms with Crippen LogP contribution in [0.25, 0.3) is 11.4 Å². The Morgan fingerprint density at radius 2 is 1.64 bits per heavy atom. The molecular formula is C31H36N6O7. The van der Waals surface area contributed by atoms with E-state index in [2.05, 4.69) is 20.6 Å². The average molecular weight is 605 g/mol. The minimum absolute atomic E-state index is 0.0538. The number of carboxylic acids is 1. The minimum atomic E-state index is -0.996. The summed E-state index contributed by atoms with van der Waals surface area (Å²) >= 11 is 0. The molecule has 0 spiro atoms. The summed E-state index contributed by atoms with van der Waals surface area (Å²) in [7, 11) is 0. The lowest BCUT2D eigenvalue weighted by molar-refractivity contribution is -0.157. The van der Waals surface area contributed by atoms with Crippen LogP contribution in [0.3, 0.4) is 0 Å². The minimum Gasteiger partial charge on any atom is -0.481 e. The van der Waals surface area contributed by atoms with Crippen LogP contribution in [0, 0.1) is 0 Å². The fourth-order valence-electron chi connectivity index (χ4n) is 4.58. The first-order chi connectivity index (χ1) is 21.3. The van der Waals surface area contributed by atoms with E-state index in [4.69, 9.17) is 14.7 Å². The Morgan fingerprint density at radius 3 is 2.30 bits per heavy atom. The van der Waals surface area contributed by atoms with Crippen molar-refractivity contribution in [3.05, 3.63) is 78.0 Å². The standard InChI is InChI=1S/C31H36N6O7/c1-2-43-31(42)44-37-18-16-36(17-19-37)30(41)24(14-9-15-27(38)39)34-29(40)25-20-26(32-21-22-10-5-3-6-11-22)35-28(33-25)23-12-7-4-8-13-23/h3-8,10-13,20,24H,2,9,14-19,21H2,1H3,(H,34,40)(H,38,39)(H,32,33,35)/t24-/m0/s1. The van der Waals surface area contributed by atoms with Crippen molar-refractivity contribution in [1.29, 1.82) is 0 Å². The first kappa shape index (κ1) is 31.9. The number of carboxylic acid groups (broad SMARTS) is 1. The van der Waals surface area contributed by atoms with E-state index in [0.717, 1.165) is 5.56 Å². The van der Waals surface area contributed by atoms with Crippen LogP contribution in [-0.4, -0.2) is 87.8 Å². The molecular weight excluding hydrogens is 568 g/mol. The second-order valence-corrected chi connectivity index (χ2v) is 10.0. The Morgan fingerprint density at radius 1 is 0.955 bits per heavy atom. The Balaban J connectivity index is 1.50. The van der Waals surface area contributed by atoms with Gasteiger partial charge < -0.3 is 30.2 Å². The molecule has 1 aliphatic rings. The summed E-state index contributed by atoms with van der Waals surface area (Å²) in [4.78, 5) is 65.7. The largest absolute Gasteiger partial charge is 0.527 e. The Hall–Kier alpha value is -5.04. The highest BCUT2D eigenvalue weighted by molar-refractivity contribution is 5.97. The lowest BCUT2D eigenvalue weighted by Gasteiger charge is -2.35. The summed E-state index contributed by atoms with van der Waals surface area (Å²) < 4.78 is 4.80. The Labute approximate surface area is 255 Å². The predicted molar refractivity (Wildman–Crippen MR) is 160 cm³/mol. The molecule has 4 rings (SSSR count). The molecule has 1 fully saturated rings. The highest BCUT2D eigenvalue weighted by Crippen LogP contribution is 2.19. The molecule has 1 aromatic heterocycles. The van der Waals surface area contributed by atoms with E-state index < -0.39 is 24.1 Å². The van der Waals surface area contributed by atoms with Gasteiger partial charge in [-0.2, -0.15) is 0 Å². The Bertz CT molecular complexity index is 1420. The summed E-state index contributed by atoms with van der Waals surface area (Å²) in [5.74, 6) is -1.19. The number of carbonyl (C=O) groups is 4. The predicted octanol–water partition coefficient (Wildman–Crippen LogP) is 3.34. The zero-order chi connectivity index (χ0) is 31.3. The van der Waals surface area contributed by atoms with E-state index in [1.165, 1.54) is 11.1 Å². The van der Waals surface area contributed by atoms with Crippen molar-refractivity contribution in [2.75, 3.05) is 38.1 Å². The molecule has 2 amide bonds. The number of benzene rings is 2. The van der Waals surface area contributed by atoms with E-state index in [1.54, 1.807) is 11.8 Å². The van der Waals surface area contributed by atoms with Crippen molar-refractivity contribution in [3.8, 4) is 11.4 Å². The fraction of sp³-hybridized carbons (Fsp3) is 0.355. The highest BCUT2D eigenvalue weighted by atomic mass is 16.8. The van der Waals surface area contributed by atoms with Gasteiger partial charge in [-0.25, -0.2) is 14.8 Å². The molecule has 3 N–H and O–H groups in total. The van der Waals surface area contributed by atoms with Gasteiger partial charge in [0.15, 0.2) is 5.82 Å². The van der Waals surface area contributed by atoms with Gasteiger partial charge in [0.2, 0.25) is 5.91 Å². The topological polar surface area (TPSA) is 163 Å². The second-order valence-electron chi connectivity index (χ2n) is 10.0. The molecule has 13 heteroatoms. The Kier molecular flexibility index (Phi) is 11.6. The third-order valence-electron chi connectivity index (χ3n) is 6.81. The van der Waals surface area contributed by atoms with Crippen molar-refractivity contribution in [3.63, 3.8) is 0 Å². The third-order valence-corrected chi connectivity index (χ3v) is 6.81. The van der Waals surface area contributed by atoms with E-state index in [1.807, 2.05) is 60.7 Å². The van der Waals surface area contributed by atoms with Gasteiger partial charge in [0, 0.05) is 37.7 Å². The maximum Gasteiger partial charge on any atom is 0.527 e. The summed E-state index contributed by atoms with van der Waals surface area (Å²) in [5.41, 5.74) is 1.79. The molecule has 0 aliphatic carbocycles. The van der Waals surface area contributed by atoms with Gasteiger partial charge in [0.25, 0.3) is 5.91 Å². The number of nitrogens with zero attached hydrogens (tertiary/aromatic N) is 4. The fourth-order valence-corrected chi connectivity index (χ4v) is 4.58. The van der Waals surface area contributed by atoms with Crippen molar-refractivity contribution in [2.24, 2.45) is 0 Å². The van der Waals surface area contributed by atoms with Crippen molar-refractivity contribution in [1.82, 2.24) is 25.2 Å². The summed E-state index contributed by atoms with van der Waals surface area (Å²) in [5, 5.41) is 16.6. The molecule has 1 atom stereocenters. The number of ether oxygens (including phenoxy) is 1. The molecule has 3 aromatic rings. The van der Waals surface area contributed by atoms with Crippen LogP contribution in [0.5, 0.6) is 0 Å². The maximum absolute atomic E-state index is 13.6. The third kappa shape index (κ3) is 9.49. The van der Waals surface area contributed by atoms with Gasteiger partial charge in [-0.05, 0) is 25.3 Å². The quantitative estimate of drug-likeness (QED) is 0.245. The number of amides is 2. The number of hydroxylamine groups is 2. The number of aliphatic carboxylic acids is 1. The van der Waals surface area contributed by atoms with Crippen LogP contribution >= 0.6 is 0 Å². The van der Waals surface area contributed by atoms with Gasteiger partial charge in [0.1, 0.15) is 17.6 Å². The average Bonchev–Trinajstić information content (AvgIpc) is 3.04. The molecule has 13 nitrogen and oxygen atoms in total. The molecule has 0 bridgehead atoms. The maximum atomic E-state index is 13.6. The number of nitrogens with one attached hydrogen (secondary N) is 2. The molecule has 1 saturated heterocycles. The smallest absolute Gasteiger partial charge is 0.481 e. The normalized spacial score (nSPS) is 13.9. The number of aromatic nitrogens is 2. The highest BCUT2D eigenvalue weighted by Gasteiger charge is 2.30. The van der Waals surface area contributed by atoms with E-state index in [9.17, 15) is 19.2 Å². The van der Waals surface area contributed by atoms with Gasteiger partial charge >= 0.3 is 12.1 Å². The molecule has 2 heterocycles. The molecule has 0 radical (unpaired) electrons. The number of hydrogen-bond acceptors (Lipinski definition) is 10. The SMILES string of the molecule is CCOC(=O)ON1CCN(C(=O)[C@H](CCCC(=O)O)NC(=O)c2cc(NCc3ccccc3)nc(-c3ccccc3)n2)CC1. The molecule has 1 aliphatic heterocycles. The first-order valence-electron chi connectivity index (χ1n) is 14.5. The zero-order valence-electron chi connectivity index (χ0n) is 24.5. The molecule has 44 heavy (non-hydrogen) atoms. The van der Waals surface area contributed by atoms with Crippen molar-refractivity contribution < 1.29 is 33.9 Å². The van der Waals surface area contributed by atoms with E-state index >= 15 is 0 Å². The van der Waals surface area contributed by atoms with Gasteiger partial charge in [-0.1, -0.05) is 60.7 Å². The number of anilines is 1. The van der Waals surface area contributed by atoms with E-state index in [-0.39, 0.29) is 63.6 Å². The van der Waals surface area contributed by atoms with Crippen LogP contribution in [0.15, 0.2) is 66.7 Å². The summed E-state index contributed by atoms with van der Waals surface area (Å²) in [6.45, 7) is 3.30. The lowest BCUT2D eigenvalue weighted by atomic mass is 10.1. The molecule has 0 unspecified atom stereocenters. The number of carbonyl (C=O) groups excluding carboxylic acids is 3. The van der Waals surface area contributed by atoms with Crippen LogP contribution in [0.1, 0.15) is 42.2 Å². The number of rotatable bonds is 13. The molecule has 232 valence electrons. The van der Waals surface area contributed by atoms with Crippen LogP contribution in [-0.2, 0) is 25.7 Å². The number of hydrogen-bond donors (Lipinski definition) is 3. The molecule has 0 saturated carbocycles. The van der Waals surface area contributed by atoms with E-state index in [0.29, 0.717) is 23.8 Å². The molecule has 2 aromatic carbocycles. The van der Waals surface area contributed by atoms with Gasteiger partial charge in [0.05, 0.1) is 19.7 Å². The van der Waals surface area contributed by atoms with Gasteiger partial charge in [-0.15, -0.1) is 5.06 Å². The van der Waals surface area contributed by atoms with Crippen molar-refractivity contribution >= 4 is 29.8 Å². The lowest BCUT2D eigenvalue weighted by Crippen LogP contribution is -2.55. The van der Waals surface area contributed by atoms with Crippen molar-refractivity contribution in [2.45, 2.75) is 38.8 Å².